The largest absolute Gasteiger partial charge is 0.352 e. The van der Waals surface area contributed by atoms with E-state index in [2.05, 4.69) is 5.32 Å². The third-order valence-corrected chi connectivity index (χ3v) is 6.80. The van der Waals surface area contributed by atoms with Gasteiger partial charge in [-0.1, -0.05) is 19.3 Å². The molecule has 5 nitrogen and oxygen atoms in total. The van der Waals surface area contributed by atoms with Gasteiger partial charge in [0.25, 0.3) is 0 Å². The van der Waals surface area contributed by atoms with Gasteiger partial charge in [0.15, 0.2) is 0 Å². The van der Waals surface area contributed by atoms with E-state index in [0.717, 1.165) is 50.7 Å². The molecule has 1 saturated carbocycles. The second kappa shape index (κ2) is 7.19. The van der Waals surface area contributed by atoms with Crippen LogP contribution in [0.15, 0.2) is 29.2 Å². The van der Waals surface area contributed by atoms with Gasteiger partial charge in [-0.25, -0.2) is 12.8 Å². The van der Waals surface area contributed by atoms with Crippen molar-refractivity contribution in [3.05, 3.63) is 30.1 Å². The Bertz CT molecular complexity index is 684. The summed E-state index contributed by atoms with van der Waals surface area (Å²) >= 11 is 0. The summed E-state index contributed by atoms with van der Waals surface area (Å²) in [4.78, 5) is 12.7. The molecule has 24 heavy (non-hydrogen) atoms. The fourth-order valence-corrected chi connectivity index (χ4v) is 5.22. The lowest BCUT2D eigenvalue weighted by Crippen LogP contribution is -2.53. The number of nitrogens with one attached hydrogen (secondary N) is 1. The zero-order valence-electron chi connectivity index (χ0n) is 13.6. The molecule has 132 valence electrons. The van der Waals surface area contributed by atoms with Crippen molar-refractivity contribution in [1.82, 2.24) is 9.62 Å². The number of benzene rings is 1. The number of sulfonamides is 1. The lowest BCUT2D eigenvalue weighted by molar-refractivity contribution is -0.126. The second-order valence-electron chi connectivity index (χ2n) is 6.57. The van der Waals surface area contributed by atoms with E-state index in [0.29, 0.717) is 13.0 Å². The van der Waals surface area contributed by atoms with E-state index < -0.39 is 21.9 Å². The summed E-state index contributed by atoms with van der Waals surface area (Å²) < 4.78 is 40.1. The van der Waals surface area contributed by atoms with Crippen molar-refractivity contribution in [1.29, 1.82) is 0 Å². The summed E-state index contributed by atoms with van der Waals surface area (Å²) in [6, 6.07) is 4.26. The maximum absolute atomic E-state index is 13.1. The highest BCUT2D eigenvalue weighted by molar-refractivity contribution is 7.89. The number of halogens is 1. The SMILES string of the molecule is O=C(NC1CCCC1)[C@@H]1CCCCN1S(=O)(=O)c1ccc(F)cc1. The molecule has 0 spiro atoms. The van der Waals surface area contributed by atoms with Crippen LogP contribution in [0.25, 0.3) is 0 Å². The van der Waals surface area contributed by atoms with E-state index in [-0.39, 0.29) is 16.8 Å². The Morgan fingerprint density at radius 2 is 1.67 bits per heavy atom. The van der Waals surface area contributed by atoms with Gasteiger partial charge in [-0.3, -0.25) is 4.79 Å². The Morgan fingerprint density at radius 1 is 1.04 bits per heavy atom. The van der Waals surface area contributed by atoms with Crippen molar-refractivity contribution in [2.75, 3.05) is 6.54 Å². The molecule has 2 aliphatic rings. The zero-order chi connectivity index (χ0) is 17.2. The first-order valence-electron chi connectivity index (χ1n) is 8.56. The maximum atomic E-state index is 13.1. The molecule has 1 amide bonds. The first kappa shape index (κ1) is 17.4. The first-order chi connectivity index (χ1) is 11.5. The highest BCUT2D eigenvalue weighted by atomic mass is 32.2. The van der Waals surface area contributed by atoms with Crippen LogP contribution >= 0.6 is 0 Å². The van der Waals surface area contributed by atoms with E-state index in [1.807, 2.05) is 0 Å². The van der Waals surface area contributed by atoms with Crippen LogP contribution in [0.5, 0.6) is 0 Å². The monoisotopic (exact) mass is 354 g/mol. The van der Waals surface area contributed by atoms with E-state index >= 15 is 0 Å². The summed E-state index contributed by atoms with van der Waals surface area (Å²) in [7, 11) is -3.80. The molecule has 7 heteroatoms. The zero-order valence-corrected chi connectivity index (χ0v) is 14.4. The van der Waals surface area contributed by atoms with Crippen molar-refractivity contribution in [2.24, 2.45) is 0 Å². The average Bonchev–Trinajstić information content (AvgIpc) is 3.08. The minimum atomic E-state index is -3.80. The Balaban J connectivity index is 1.80. The molecule has 0 unspecified atom stereocenters. The van der Waals surface area contributed by atoms with Gasteiger partial charge in [-0.2, -0.15) is 4.31 Å². The Labute approximate surface area is 142 Å². The topological polar surface area (TPSA) is 66.5 Å². The summed E-state index contributed by atoms with van der Waals surface area (Å²) in [5, 5.41) is 3.01. The summed E-state index contributed by atoms with van der Waals surface area (Å²) in [5.74, 6) is -0.685. The van der Waals surface area contributed by atoms with Crippen molar-refractivity contribution < 1.29 is 17.6 Å². The fraction of sp³-hybridized carbons (Fsp3) is 0.588. The lowest BCUT2D eigenvalue weighted by Gasteiger charge is -2.34. The number of nitrogens with zero attached hydrogens (tertiary/aromatic N) is 1. The van der Waals surface area contributed by atoms with E-state index in [1.54, 1.807) is 0 Å². The van der Waals surface area contributed by atoms with Crippen molar-refractivity contribution in [3.8, 4) is 0 Å². The number of carbonyl (C=O) groups excluding carboxylic acids is 1. The molecule has 1 aromatic rings. The number of hydrogen-bond acceptors (Lipinski definition) is 3. The van der Waals surface area contributed by atoms with Crippen LogP contribution in [-0.2, 0) is 14.8 Å². The molecule has 1 aliphatic carbocycles. The Morgan fingerprint density at radius 3 is 2.33 bits per heavy atom. The van der Waals surface area contributed by atoms with Crippen LogP contribution in [0.4, 0.5) is 4.39 Å². The van der Waals surface area contributed by atoms with Crippen LogP contribution in [-0.4, -0.2) is 37.3 Å². The van der Waals surface area contributed by atoms with Crippen LogP contribution in [0, 0.1) is 5.82 Å². The molecular formula is C17H23FN2O3S. The minimum Gasteiger partial charge on any atom is -0.352 e. The third kappa shape index (κ3) is 3.62. The minimum absolute atomic E-state index is 0.0319. The van der Waals surface area contributed by atoms with Gasteiger partial charge in [-0.05, 0) is 49.9 Å². The van der Waals surface area contributed by atoms with Crippen molar-refractivity contribution >= 4 is 15.9 Å². The third-order valence-electron chi connectivity index (χ3n) is 4.88. The van der Waals surface area contributed by atoms with Crippen LogP contribution in [0.3, 0.4) is 0 Å². The quantitative estimate of drug-likeness (QED) is 0.903. The van der Waals surface area contributed by atoms with E-state index in [1.165, 1.54) is 16.4 Å². The summed E-state index contributed by atoms with van der Waals surface area (Å²) in [5.41, 5.74) is 0. The highest BCUT2D eigenvalue weighted by Gasteiger charge is 2.38. The van der Waals surface area contributed by atoms with Gasteiger partial charge >= 0.3 is 0 Å². The van der Waals surface area contributed by atoms with Crippen LogP contribution < -0.4 is 5.32 Å². The van der Waals surface area contributed by atoms with E-state index in [4.69, 9.17) is 0 Å². The van der Waals surface area contributed by atoms with Gasteiger partial charge in [0.05, 0.1) is 4.90 Å². The van der Waals surface area contributed by atoms with Gasteiger partial charge < -0.3 is 5.32 Å². The number of amides is 1. The van der Waals surface area contributed by atoms with E-state index in [9.17, 15) is 17.6 Å². The number of hydrogen-bond donors (Lipinski definition) is 1. The lowest BCUT2D eigenvalue weighted by atomic mass is 10.0. The average molecular weight is 354 g/mol. The second-order valence-corrected chi connectivity index (χ2v) is 8.46. The molecule has 1 heterocycles. The number of rotatable bonds is 4. The predicted molar refractivity (Wildman–Crippen MR) is 88.3 cm³/mol. The Hall–Kier alpha value is -1.47. The smallest absolute Gasteiger partial charge is 0.243 e. The maximum Gasteiger partial charge on any atom is 0.243 e. The number of piperidine rings is 1. The van der Waals surface area contributed by atoms with Crippen molar-refractivity contribution in [2.45, 2.75) is 61.9 Å². The molecule has 0 aromatic heterocycles. The summed E-state index contributed by atoms with van der Waals surface area (Å²) in [6.07, 6.45) is 6.22. The molecular weight excluding hydrogens is 331 g/mol. The Kier molecular flexibility index (Phi) is 5.20. The molecule has 0 radical (unpaired) electrons. The van der Waals surface area contributed by atoms with Crippen LogP contribution in [0.1, 0.15) is 44.9 Å². The molecule has 2 fully saturated rings. The van der Waals surface area contributed by atoms with Gasteiger partial charge in [0.2, 0.25) is 15.9 Å². The summed E-state index contributed by atoms with van der Waals surface area (Å²) in [6.45, 7) is 0.322. The van der Waals surface area contributed by atoms with Crippen LogP contribution in [0.2, 0.25) is 0 Å². The molecule has 3 rings (SSSR count). The normalized spacial score (nSPS) is 23.3. The number of carbonyl (C=O) groups is 1. The highest BCUT2D eigenvalue weighted by Crippen LogP contribution is 2.26. The standard InChI is InChI=1S/C17H23FN2O3S/c18-13-8-10-15(11-9-13)24(22,23)20-12-4-3-7-16(20)17(21)19-14-5-1-2-6-14/h8-11,14,16H,1-7,12H2,(H,19,21)/t16-/m0/s1. The van der Waals surface area contributed by atoms with Gasteiger partial charge in [0.1, 0.15) is 11.9 Å². The fourth-order valence-electron chi connectivity index (χ4n) is 3.56. The van der Waals surface area contributed by atoms with Gasteiger partial charge in [-0.15, -0.1) is 0 Å². The molecule has 1 N–H and O–H groups in total. The van der Waals surface area contributed by atoms with Crippen molar-refractivity contribution in [3.63, 3.8) is 0 Å². The molecule has 1 atom stereocenters. The molecule has 1 aromatic carbocycles. The molecule has 0 bridgehead atoms. The first-order valence-corrected chi connectivity index (χ1v) is 10.0. The van der Waals surface area contributed by atoms with Gasteiger partial charge in [0, 0.05) is 12.6 Å². The predicted octanol–water partition coefficient (Wildman–Crippen LogP) is 2.43. The molecule has 1 aliphatic heterocycles. The molecule has 1 saturated heterocycles.